The summed E-state index contributed by atoms with van der Waals surface area (Å²) in [5.41, 5.74) is 11.3. The third-order valence-corrected chi connectivity index (χ3v) is 7.75. The molecule has 8 heteroatoms. The Hall–Kier alpha value is -4.14. The third-order valence-electron chi connectivity index (χ3n) is 7.75. The number of carbonyl (C=O) groups excluding carboxylic acids is 1. The second-order valence-electron chi connectivity index (χ2n) is 10.4. The number of carboxylic acids is 1. The van der Waals surface area contributed by atoms with Crippen molar-refractivity contribution in [3.63, 3.8) is 0 Å². The van der Waals surface area contributed by atoms with Gasteiger partial charge in [0.05, 0.1) is 5.69 Å². The van der Waals surface area contributed by atoms with Crippen LogP contribution in [0.5, 0.6) is 0 Å². The van der Waals surface area contributed by atoms with Crippen LogP contribution in [0.2, 0.25) is 0 Å². The van der Waals surface area contributed by atoms with E-state index in [1.165, 1.54) is 5.56 Å². The lowest BCUT2D eigenvalue weighted by Gasteiger charge is -2.29. The van der Waals surface area contributed by atoms with Gasteiger partial charge in [-0.1, -0.05) is 42.5 Å². The molecule has 40 heavy (non-hydrogen) atoms. The van der Waals surface area contributed by atoms with Gasteiger partial charge in [0.1, 0.15) is 6.04 Å². The third kappa shape index (κ3) is 6.35. The monoisotopic (exact) mass is 537 g/mol. The van der Waals surface area contributed by atoms with Gasteiger partial charge in [-0.25, -0.2) is 4.79 Å². The van der Waals surface area contributed by atoms with E-state index in [1.807, 2.05) is 54.6 Å². The Labute approximate surface area is 234 Å². The topological polar surface area (TPSA) is 130 Å². The fraction of sp³-hybridized carbons (Fsp3) is 0.312. The number of amides is 1. The van der Waals surface area contributed by atoms with Crippen molar-refractivity contribution in [2.75, 3.05) is 0 Å². The van der Waals surface area contributed by atoms with E-state index in [9.17, 15) is 14.7 Å². The van der Waals surface area contributed by atoms with Crippen LogP contribution >= 0.6 is 0 Å². The normalized spacial score (nSPS) is 16.2. The quantitative estimate of drug-likeness (QED) is 0.224. The Morgan fingerprint density at radius 3 is 2.52 bits per heavy atom. The molecule has 1 aliphatic carbocycles. The lowest BCUT2D eigenvalue weighted by atomic mass is 9.80. The van der Waals surface area contributed by atoms with E-state index in [-0.39, 0.29) is 18.4 Å². The maximum atomic E-state index is 13.4. The van der Waals surface area contributed by atoms with Gasteiger partial charge in [0.25, 0.3) is 5.91 Å². The number of pyridine rings is 2. The number of fused-ring (bicyclic) bond motifs is 2. The number of hydrogen-bond donors (Lipinski definition) is 4. The van der Waals surface area contributed by atoms with Crippen LogP contribution in [0, 0.1) is 0 Å². The molecule has 0 fully saturated rings. The maximum Gasteiger partial charge on any atom is 0.326 e. The summed E-state index contributed by atoms with van der Waals surface area (Å²) in [6.07, 6.45) is 7.24. The Bertz CT molecular complexity index is 1480. The van der Waals surface area contributed by atoms with Crippen LogP contribution in [0.1, 0.15) is 64.5 Å². The molecule has 8 nitrogen and oxygen atoms in total. The molecule has 5 rings (SSSR count). The summed E-state index contributed by atoms with van der Waals surface area (Å²) in [6.45, 7) is 1.23. The first-order chi connectivity index (χ1) is 19.5. The number of carboxylic acid groups (broad SMARTS) is 1. The average Bonchev–Trinajstić information content (AvgIpc) is 2.99. The van der Waals surface area contributed by atoms with Gasteiger partial charge in [0, 0.05) is 48.7 Å². The fourth-order valence-electron chi connectivity index (χ4n) is 5.66. The summed E-state index contributed by atoms with van der Waals surface area (Å²) < 4.78 is 0. The highest BCUT2D eigenvalue weighted by molar-refractivity contribution is 6.08. The molecule has 0 radical (unpaired) electrons. The zero-order chi connectivity index (χ0) is 27.9. The number of nitrogens with one attached hydrogen (secondary N) is 2. The predicted molar refractivity (Wildman–Crippen MR) is 155 cm³/mol. The minimum Gasteiger partial charge on any atom is -0.480 e. The Morgan fingerprint density at radius 2 is 1.73 bits per heavy atom. The molecule has 206 valence electrons. The van der Waals surface area contributed by atoms with E-state index in [0.29, 0.717) is 25.1 Å². The van der Waals surface area contributed by atoms with Crippen LogP contribution in [0.4, 0.5) is 0 Å². The first-order valence-electron chi connectivity index (χ1n) is 13.9. The van der Waals surface area contributed by atoms with Crippen LogP contribution in [0.25, 0.3) is 10.8 Å². The van der Waals surface area contributed by atoms with Gasteiger partial charge in [0.2, 0.25) is 0 Å². The van der Waals surface area contributed by atoms with Gasteiger partial charge >= 0.3 is 5.97 Å². The van der Waals surface area contributed by atoms with Crippen LogP contribution < -0.4 is 16.4 Å². The minimum absolute atomic E-state index is 0.0952. The average molecular weight is 538 g/mol. The number of aliphatic carboxylic acids is 1. The number of aryl methyl sites for hydroxylation is 1. The molecule has 5 N–H and O–H groups in total. The van der Waals surface area contributed by atoms with E-state index >= 15 is 0 Å². The van der Waals surface area contributed by atoms with Crippen LogP contribution in [0.3, 0.4) is 0 Å². The predicted octanol–water partition coefficient (Wildman–Crippen LogP) is 4.33. The van der Waals surface area contributed by atoms with Crippen LogP contribution in [-0.2, 0) is 24.3 Å². The lowest BCUT2D eigenvalue weighted by Crippen LogP contribution is -2.42. The number of hydrogen-bond acceptors (Lipinski definition) is 6. The summed E-state index contributed by atoms with van der Waals surface area (Å²) in [5, 5.41) is 17.8. The molecule has 1 amide bonds. The van der Waals surface area contributed by atoms with E-state index in [1.54, 1.807) is 18.5 Å². The number of rotatable bonds is 11. The fourth-order valence-corrected chi connectivity index (χ4v) is 5.66. The van der Waals surface area contributed by atoms with Gasteiger partial charge in [-0.3, -0.25) is 14.8 Å². The molecule has 0 spiro atoms. The molecule has 2 heterocycles. The van der Waals surface area contributed by atoms with Crippen molar-refractivity contribution in [1.29, 1.82) is 0 Å². The standard InChI is InChI=1S/C32H35N5O3/c33-28(27-12-5-7-21-8-6-18-36-30(21)27)15-16-29(32(39)40)37-31(38)26-14-13-22(24-10-1-2-11-25(24)26)19-34-20-23-9-3-4-17-35-23/h1-4,6,8-11,13-14,17-18,27-29,34H,5,7,12,15-16,19-20,33H2,(H,37,38)(H,39,40)/t27?,28?,29-/m0/s1. The van der Waals surface area contributed by atoms with Crippen molar-refractivity contribution in [2.24, 2.45) is 5.73 Å². The first-order valence-corrected chi connectivity index (χ1v) is 13.9. The first kappa shape index (κ1) is 27.4. The molecular weight excluding hydrogens is 502 g/mol. The smallest absolute Gasteiger partial charge is 0.326 e. The highest BCUT2D eigenvalue weighted by Gasteiger charge is 2.29. The number of nitrogens with zero attached hydrogens (tertiary/aromatic N) is 2. The second-order valence-corrected chi connectivity index (χ2v) is 10.4. The second kappa shape index (κ2) is 12.8. The van der Waals surface area contributed by atoms with Crippen molar-refractivity contribution in [3.8, 4) is 0 Å². The van der Waals surface area contributed by atoms with Crippen molar-refractivity contribution in [1.82, 2.24) is 20.6 Å². The molecule has 3 atom stereocenters. The van der Waals surface area contributed by atoms with Crippen LogP contribution in [-0.4, -0.2) is 39.0 Å². The van der Waals surface area contributed by atoms with Crippen molar-refractivity contribution in [2.45, 2.75) is 63.2 Å². The van der Waals surface area contributed by atoms with Gasteiger partial charge in [0.15, 0.2) is 0 Å². The maximum absolute atomic E-state index is 13.4. The minimum atomic E-state index is -1.07. The summed E-state index contributed by atoms with van der Waals surface area (Å²) in [5.74, 6) is -1.38. The highest BCUT2D eigenvalue weighted by Crippen LogP contribution is 2.33. The number of aromatic nitrogens is 2. The number of nitrogens with two attached hydrogens (primary N) is 1. The van der Waals surface area contributed by atoms with E-state index in [4.69, 9.17) is 5.73 Å². The largest absolute Gasteiger partial charge is 0.480 e. The van der Waals surface area contributed by atoms with Gasteiger partial charge in [-0.2, -0.15) is 0 Å². The molecule has 2 aromatic heterocycles. The van der Waals surface area contributed by atoms with E-state index in [2.05, 4.69) is 26.7 Å². The zero-order valence-corrected chi connectivity index (χ0v) is 22.4. The summed E-state index contributed by atoms with van der Waals surface area (Å²) in [4.78, 5) is 34.4. The Kier molecular flexibility index (Phi) is 8.78. The lowest BCUT2D eigenvalue weighted by molar-refractivity contribution is -0.139. The molecule has 0 aliphatic heterocycles. The zero-order valence-electron chi connectivity index (χ0n) is 22.4. The van der Waals surface area contributed by atoms with E-state index < -0.39 is 17.9 Å². The Morgan fingerprint density at radius 1 is 0.925 bits per heavy atom. The van der Waals surface area contributed by atoms with Crippen molar-refractivity contribution >= 4 is 22.6 Å². The summed E-state index contributed by atoms with van der Waals surface area (Å²) >= 11 is 0. The molecule has 2 aromatic carbocycles. The van der Waals surface area contributed by atoms with Gasteiger partial charge < -0.3 is 21.5 Å². The van der Waals surface area contributed by atoms with Gasteiger partial charge in [-0.15, -0.1) is 0 Å². The SMILES string of the molecule is NC(CC[C@H](NC(=O)c1ccc(CNCc2ccccn2)c2ccccc12)C(=O)O)C1CCCc2cccnc21. The number of carbonyl (C=O) groups is 2. The highest BCUT2D eigenvalue weighted by atomic mass is 16.4. The van der Waals surface area contributed by atoms with Gasteiger partial charge in [-0.05, 0) is 78.3 Å². The van der Waals surface area contributed by atoms with E-state index in [0.717, 1.165) is 47.0 Å². The molecule has 0 bridgehead atoms. The molecule has 2 unspecified atom stereocenters. The van der Waals surface area contributed by atoms with Crippen molar-refractivity contribution in [3.05, 3.63) is 107 Å². The van der Waals surface area contributed by atoms with Crippen molar-refractivity contribution < 1.29 is 14.7 Å². The summed E-state index contributed by atoms with van der Waals surface area (Å²) in [7, 11) is 0. The number of benzene rings is 2. The molecule has 0 saturated heterocycles. The molecule has 0 saturated carbocycles. The molecular formula is C32H35N5O3. The Balaban J connectivity index is 1.25. The summed E-state index contributed by atoms with van der Waals surface area (Å²) in [6, 6.07) is 20.0. The van der Waals surface area contributed by atoms with Crippen LogP contribution in [0.15, 0.2) is 79.1 Å². The molecule has 1 aliphatic rings. The molecule has 4 aromatic rings.